The molecule has 1 atom stereocenters. The molecule has 0 aliphatic carbocycles. The number of aryl methyl sites for hydroxylation is 1. The van der Waals surface area contributed by atoms with Gasteiger partial charge in [-0.25, -0.2) is 0 Å². The third-order valence-electron chi connectivity index (χ3n) is 3.61. The molecule has 18 heavy (non-hydrogen) atoms. The molecule has 0 fully saturated rings. The topological polar surface area (TPSA) is 8.17 Å². The molecule has 2 heterocycles. The minimum atomic E-state index is 0. The van der Waals surface area contributed by atoms with Crippen LogP contribution in [0.5, 0.6) is 0 Å². The second kappa shape index (κ2) is 6.04. The average molecular weight is 449 g/mol. The number of likely N-dealkylation sites (N-methyl/N-ethyl adjacent to an activating group) is 1. The van der Waals surface area contributed by atoms with Gasteiger partial charge in [-0.05, 0) is 25.6 Å². The normalized spacial score (nSPS) is 18.9. The van der Waals surface area contributed by atoms with Crippen LogP contribution in [0.3, 0.4) is 0 Å². The molecule has 1 aliphatic rings. The Bertz CT molecular complexity index is 556. The first-order valence-corrected chi connectivity index (χ1v) is 5.76. The Morgan fingerprint density at radius 1 is 1.28 bits per heavy atom. The molecule has 2 nitrogen and oxygen atoms in total. The average Bonchev–Trinajstić information content (AvgIpc) is 2.54. The molecular formula is C14H19IN2Pd+. The fourth-order valence-electron chi connectivity index (χ4n) is 2.98. The predicted octanol–water partition coefficient (Wildman–Crippen LogP) is -0.211. The Morgan fingerprint density at radius 3 is 2.67 bits per heavy atom. The van der Waals surface area contributed by atoms with Crippen LogP contribution in [0, 0.1) is 6.92 Å². The van der Waals surface area contributed by atoms with Gasteiger partial charge in [0.05, 0.1) is 0 Å². The van der Waals surface area contributed by atoms with Gasteiger partial charge < -0.3 is 33.4 Å². The number of aromatic nitrogens is 1. The minimum absolute atomic E-state index is 0. The zero-order chi connectivity index (χ0) is 11.3. The molecule has 0 saturated heterocycles. The van der Waals surface area contributed by atoms with Crippen LogP contribution in [0.15, 0.2) is 24.3 Å². The van der Waals surface area contributed by atoms with Gasteiger partial charge in [-0.3, -0.25) is 0 Å². The summed E-state index contributed by atoms with van der Waals surface area (Å²) < 4.78 is 2.31. The van der Waals surface area contributed by atoms with E-state index < -0.39 is 0 Å². The third-order valence-corrected chi connectivity index (χ3v) is 3.61. The second-order valence-electron chi connectivity index (χ2n) is 4.83. The van der Waals surface area contributed by atoms with Gasteiger partial charge in [0.25, 0.3) is 0 Å². The Labute approximate surface area is 141 Å². The van der Waals surface area contributed by atoms with Crippen molar-refractivity contribution in [3.05, 3.63) is 42.4 Å². The van der Waals surface area contributed by atoms with Crippen LogP contribution in [-0.4, -0.2) is 23.1 Å². The van der Waals surface area contributed by atoms with E-state index in [1.807, 2.05) is 0 Å². The quantitative estimate of drug-likeness (QED) is 0.400. The van der Waals surface area contributed by atoms with E-state index in [1.165, 1.54) is 22.2 Å². The van der Waals surface area contributed by atoms with E-state index in [9.17, 15) is 0 Å². The maximum Gasteiger partial charge on any atom is 2.00 e. The number of halogens is 1. The van der Waals surface area contributed by atoms with Gasteiger partial charge in [-0.15, -0.1) is 0 Å². The predicted molar refractivity (Wildman–Crippen MR) is 69.5 cm³/mol. The van der Waals surface area contributed by atoms with E-state index in [1.54, 1.807) is 0 Å². The fourth-order valence-corrected chi connectivity index (χ4v) is 2.98. The first kappa shape index (κ1) is 16.2. The SMILES string of the molecule is [CH2][C@H]1CN(C)Cc2c1n(C)c1ccccc21.[HH].[I-].[Pd+2]. The minimum Gasteiger partial charge on any atom is -1.00 e. The monoisotopic (exact) mass is 448 g/mol. The summed E-state index contributed by atoms with van der Waals surface area (Å²) in [5.41, 5.74) is 4.21. The molecule has 2 aromatic rings. The number of hydrogen-bond donors (Lipinski definition) is 0. The van der Waals surface area contributed by atoms with Crippen molar-refractivity contribution in [1.29, 1.82) is 0 Å². The largest absolute Gasteiger partial charge is 2.00 e. The Hall–Kier alpha value is 0.112. The summed E-state index contributed by atoms with van der Waals surface area (Å²) in [6, 6.07) is 8.64. The summed E-state index contributed by atoms with van der Waals surface area (Å²) in [4.78, 5) is 2.35. The standard InChI is InChI=1S/C14H17N2.HI.Pd.H2/c1-10-8-15(2)9-12-11-6-4-5-7-13(11)16(3)14(10)12;;;/h4-7,10H,1,8-9H2,2-3H3;1H;;1H/q;;+2;/p-1/t10-;;;/m0.../s1. The van der Waals surface area contributed by atoms with Gasteiger partial charge in [0.2, 0.25) is 0 Å². The van der Waals surface area contributed by atoms with Gasteiger partial charge >= 0.3 is 20.4 Å². The van der Waals surface area contributed by atoms with Crippen molar-refractivity contribution in [2.45, 2.75) is 12.5 Å². The van der Waals surface area contributed by atoms with E-state index >= 15 is 0 Å². The van der Waals surface area contributed by atoms with Gasteiger partial charge in [-0.2, -0.15) is 0 Å². The first-order chi connectivity index (χ1) is 7.68. The first-order valence-electron chi connectivity index (χ1n) is 5.76. The molecule has 1 aromatic carbocycles. The molecule has 4 heteroatoms. The summed E-state index contributed by atoms with van der Waals surface area (Å²) in [7, 11) is 4.33. The van der Waals surface area contributed by atoms with E-state index in [0.717, 1.165) is 13.1 Å². The van der Waals surface area contributed by atoms with Crippen LogP contribution in [-0.2, 0) is 34.0 Å². The molecular weight excluding hydrogens is 429 g/mol. The zero-order valence-electron chi connectivity index (χ0n) is 10.6. The maximum atomic E-state index is 4.28. The van der Waals surface area contributed by atoms with E-state index in [0.29, 0.717) is 5.92 Å². The number of nitrogens with zero attached hydrogens (tertiary/aromatic N) is 2. The molecule has 1 aromatic heterocycles. The molecule has 0 N–H and O–H groups in total. The zero-order valence-corrected chi connectivity index (χ0v) is 14.3. The van der Waals surface area contributed by atoms with Crippen LogP contribution in [0.1, 0.15) is 18.6 Å². The van der Waals surface area contributed by atoms with Crippen molar-refractivity contribution in [3.8, 4) is 0 Å². The summed E-state index contributed by atoms with van der Waals surface area (Å²) >= 11 is 0. The molecule has 0 amide bonds. The molecule has 101 valence electrons. The van der Waals surface area contributed by atoms with Gasteiger partial charge in [-0.1, -0.05) is 18.2 Å². The number of fused-ring (bicyclic) bond motifs is 3. The summed E-state index contributed by atoms with van der Waals surface area (Å²) in [6.07, 6.45) is 0. The molecule has 1 aliphatic heterocycles. The van der Waals surface area contributed by atoms with Gasteiger partial charge in [0.1, 0.15) is 0 Å². The fraction of sp³-hybridized carbons (Fsp3) is 0.357. The van der Waals surface area contributed by atoms with E-state index in [-0.39, 0.29) is 45.8 Å². The second-order valence-corrected chi connectivity index (χ2v) is 4.83. The van der Waals surface area contributed by atoms with E-state index in [4.69, 9.17) is 0 Å². The van der Waals surface area contributed by atoms with Crippen molar-refractivity contribution in [3.63, 3.8) is 0 Å². The van der Waals surface area contributed by atoms with Crippen LogP contribution < -0.4 is 24.0 Å². The van der Waals surface area contributed by atoms with Crippen molar-refractivity contribution in [2.24, 2.45) is 7.05 Å². The molecule has 3 rings (SSSR count). The number of rotatable bonds is 0. The van der Waals surface area contributed by atoms with Crippen LogP contribution in [0.2, 0.25) is 0 Å². The Kier molecular flexibility index (Phi) is 5.43. The van der Waals surface area contributed by atoms with Crippen molar-refractivity contribution in [2.75, 3.05) is 13.6 Å². The van der Waals surface area contributed by atoms with E-state index in [2.05, 4.69) is 54.8 Å². The van der Waals surface area contributed by atoms with Gasteiger partial charge in [0.15, 0.2) is 0 Å². The Morgan fingerprint density at radius 2 is 1.94 bits per heavy atom. The Balaban J connectivity index is 0.00000108. The third kappa shape index (κ3) is 2.41. The smallest absolute Gasteiger partial charge is 1.00 e. The van der Waals surface area contributed by atoms with Gasteiger partial charge in [0, 0.05) is 44.1 Å². The maximum absolute atomic E-state index is 4.28. The van der Waals surface area contributed by atoms with Crippen LogP contribution in [0.4, 0.5) is 0 Å². The summed E-state index contributed by atoms with van der Waals surface area (Å²) in [5.74, 6) is 0.381. The molecule has 1 radical (unpaired) electrons. The van der Waals surface area contributed by atoms with Crippen molar-refractivity contribution >= 4 is 10.9 Å². The number of hydrogen-bond acceptors (Lipinski definition) is 1. The van der Waals surface area contributed by atoms with Crippen molar-refractivity contribution in [1.82, 2.24) is 9.47 Å². The molecule has 0 saturated carbocycles. The summed E-state index contributed by atoms with van der Waals surface area (Å²) in [6.45, 7) is 6.38. The van der Waals surface area contributed by atoms with Crippen molar-refractivity contribution < 1.29 is 45.8 Å². The number of para-hydroxylation sites is 1. The van der Waals surface area contributed by atoms with Crippen LogP contribution >= 0.6 is 0 Å². The molecule has 0 unspecified atom stereocenters. The van der Waals surface area contributed by atoms with Crippen LogP contribution in [0.25, 0.3) is 10.9 Å². The number of benzene rings is 1. The molecule has 0 bridgehead atoms. The molecule has 0 spiro atoms. The summed E-state index contributed by atoms with van der Waals surface area (Å²) in [5, 5.41) is 1.39.